The molecule has 1 N–H and O–H groups in total. The second-order valence-corrected chi connectivity index (χ2v) is 5.26. The quantitative estimate of drug-likeness (QED) is 0.784. The molecule has 0 spiro atoms. The maximum Gasteiger partial charge on any atom is 0.134 e. The van der Waals surface area contributed by atoms with E-state index in [1.807, 2.05) is 12.1 Å². The minimum atomic E-state index is -0.298. The highest BCUT2D eigenvalue weighted by Gasteiger charge is 2.11. The molecule has 21 heavy (non-hydrogen) atoms. The SMILES string of the molecule is CCCNCc1cc(Cl)ccc1-c1ccc(OC)cc1F. The molecule has 2 rings (SSSR count). The Bertz CT molecular complexity index is 616. The second kappa shape index (κ2) is 7.43. The van der Waals surface area contributed by atoms with Gasteiger partial charge in [0, 0.05) is 23.2 Å². The third-order valence-corrected chi connectivity index (χ3v) is 3.51. The molecule has 0 heterocycles. The van der Waals surface area contributed by atoms with Gasteiger partial charge in [0.15, 0.2) is 0 Å². The normalized spacial score (nSPS) is 10.7. The fourth-order valence-electron chi connectivity index (χ4n) is 2.21. The summed E-state index contributed by atoms with van der Waals surface area (Å²) in [6, 6.07) is 10.4. The Balaban J connectivity index is 2.38. The largest absolute Gasteiger partial charge is 0.497 e. The summed E-state index contributed by atoms with van der Waals surface area (Å²) >= 11 is 6.06. The Kier molecular flexibility index (Phi) is 5.59. The molecule has 2 aromatic carbocycles. The van der Waals surface area contributed by atoms with E-state index in [0.717, 1.165) is 24.1 Å². The van der Waals surface area contributed by atoms with Crippen LogP contribution in [-0.2, 0) is 6.54 Å². The summed E-state index contributed by atoms with van der Waals surface area (Å²) in [7, 11) is 1.52. The Hall–Kier alpha value is -1.58. The second-order valence-electron chi connectivity index (χ2n) is 4.82. The first-order valence-corrected chi connectivity index (χ1v) is 7.36. The molecule has 0 radical (unpaired) electrons. The standard InChI is InChI=1S/C17H19ClFNO/c1-3-8-20-11-12-9-13(18)4-6-15(12)16-7-5-14(21-2)10-17(16)19/h4-7,9-10,20H,3,8,11H2,1-2H3. The first-order valence-electron chi connectivity index (χ1n) is 6.98. The number of rotatable bonds is 6. The Morgan fingerprint density at radius 2 is 1.90 bits per heavy atom. The summed E-state index contributed by atoms with van der Waals surface area (Å²) in [5.74, 6) is 0.212. The van der Waals surface area contributed by atoms with Crippen molar-refractivity contribution < 1.29 is 9.13 Å². The van der Waals surface area contributed by atoms with Gasteiger partial charge in [-0.05, 0) is 48.4 Å². The van der Waals surface area contributed by atoms with Crippen LogP contribution in [0.25, 0.3) is 11.1 Å². The van der Waals surface area contributed by atoms with Crippen LogP contribution in [0.4, 0.5) is 4.39 Å². The van der Waals surface area contributed by atoms with Crippen LogP contribution in [0, 0.1) is 5.82 Å². The predicted octanol–water partition coefficient (Wildman–Crippen LogP) is 4.65. The van der Waals surface area contributed by atoms with Crippen molar-refractivity contribution in [3.63, 3.8) is 0 Å². The van der Waals surface area contributed by atoms with Crippen LogP contribution in [0.3, 0.4) is 0 Å². The van der Waals surface area contributed by atoms with E-state index in [-0.39, 0.29) is 5.82 Å². The molecule has 0 unspecified atom stereocenters. The van der Waals surface area contributed by atoms with Crippen molar-refractivity contribution in [3.8, 4) is 16.9 Å². The first kappa shape index (κ1) is 15.8. The molecule has 4 heteroatoms. The molecule has 0 atom stereocenters. The van der Waals surface area contributed by atoms with E-state index in [4.69, 9.17) is 16.3 Å². The van der Waals surface area contributed by atoms with Crippen LogP contribution < -0.4 is 10.1 Å². The minimum absolute atomic E-state index is 0.298. The molecule has 0 aliphatic rings. The maximum absolute atomic E-state index is 14.3. The van der Waals surface area contributed by atoms with Gasteiger partial charge in [-0.15, -0.1) is 0 Å². The molecule has 0 aromatic heterocycles. The molecule has 2 aromatic rings. The molecule has 0 saturated carbocycles. The van der Waals surface area contributed by atoms with Crippen molar-refractivity contribution in [3.05, 3.63) is 52.8 Å². The van der Waals surface area contributed by atoms with Gasteiger partial charge in [-0.25, -0.2) is 4.39 Å². The number of hydrogen-bond donors (Lipinski definition) is 1. The van der Waals surface area contributed by atoms with Gasteiger partial charge in [0.1, 0.15) is 11.6 Å². The molecule has 0 fully saturated rings. The lowest BCUT2D eigenvalue weighted by molar-refractivity contribution is 0.411. The summed E-state index contributed by atoms with van der Waals surface area (Å²) in [6.45, 7) is 3.68. The Labute approximate surface area is 129 Å². The lowest BCUT2D eigenvalue weighted by Gasteiger charge is -2.13. The lowest BCUT2D eigenvalue weighted by Crippen LogP contribution is -2.14. The van der Waals surface area contributed by atoms with Crippen LogP contribution in [0.5, 0.6) is 5.75 Å². The van der Waals surface area contributed by atoms with E-state index < -0.39 is 0 Å². The molecule has 112 valence electrons. The smallest absolute Gasteiger partial charge is 0.134 e. The van der Waals surface area contributed by atoms with E-state index in [1.165, 1.54) is 13.2 Å². The highest BCUT2D eigenvalue weighted by atomic mass is 35.5. The fraction of sp³-hybridized carbons (Fsp3) is 0.294. The van der Waals surface area contributed by atoms with E-state index in [2.05, 4.69) is 12.2 Å². The van der Waals surface area contributed by atoms with Crippen molar-refractivity contribution in [1.82, 2.24) is 5.32 Å². The molecule has 0 bridgehead atoms. The van der Waals surface area contributed by atoms with Gasteiger partial charge in [0.25, 0.3) is 0 Å². The van der Waals surface area contributed by atoms with Gasteiger partial charge in [-0.3, -0.25) is 0 Å². The molecular formula is C17H19ClFNO. The van der Waals surface area contributed by atoms with Crippen molar-refractivity contribution >= 4 is 11.6 Å². The summed E-state index contributed by atoms with van der Waals surface area (Å²) in [5.41, 5.74) is 2.39. The van der Waals surface area contributed by atoms with Gasteiger partial charge in [-0.2, -0.15) is 0 Å². The fourth-order valence-corrected chi connectivity index (χ4v) is 2.41. The van der Waals surface area contributed by atoms with Crippen molar-refractivity contribution in [2.75, 3.05) is 13.7 Å². The third-order valence-electron chi connectivity index (χ3n) is 3.28. The molecule has 0 aliphatic carbocycles. The van der Waals surface area contributed by atoms with Gasteiger partial charge in [0.2, 0.25) is 0 Å². The highest BCUT2D eigenvalue weighted by molar-refractivity contribution is 6.30. The highest BCUT2D eigenvalue weighted by Crippen LogP contribution is 2.30. The predicted molar refractivity (Wildman–Crippen MR) is 85.4 cm³/mol. The zero-order valence-corrected chi connectivity index (χ0v) is 13.0. The van der Waals surface area contributed by atoms with E-state index >= 15 is 0 Å². The molecule has 0 saturated heterocycles. The van der Waals surface area contributed by atoms with Crippen LogP contribution in [0.2, 0.25) is 5.02 Å². The summed E-state index contributed by atoms with van der Waals surface area (Å²) in [6.07, 6.45) is 1.05. The third kappa shape index (κ3) is 3.96. The molecular weight excluding hydrogens is 289 g/mol. The monoisotopic (exact) mass is 307 g/mol. The van der Waals surface area contributed by atoms with Crippen molar-refractivity contribution in [2.45, 2.75) is 19.9 Å². The van der Waals surface area contributed by atoms with Crippen molar-refractivity contribution in [2.24, 2.45) is 0 Å². The minimum Gasteiger partial charge on any atom is -0.497 e. The van der Waals surface area contributed by atoms with Crippen LogP contribution in [0.15, 0.2) is 36.4 Å². The number of methoxy groups -OCH3 is 1. The zero-order valence-electron chi connectivity index (χ0n) is 12.2. The number of hydrogen-bond acceptors (Lipinski definition) is 2. The van der Waals surface area contributed by atoms with Gasteiger partial charge >= 0.3 is 0 Å². The van der Waals surface area contributed by atoms with Gasteiger partial charge in [-0.1, -0.05) is 24.6 Å². The summed E-state index contributed by atoms with van der Waals surface area (Å²) < 4.78 is 19.3. The van der Waals surface area contributed by atoms with E-state index in [9.17, 15) is 4.39 Å². The van der Waals surface area contributed by atoms with Crippen LogP contribution in [0.1, 0.15) is 18.9 Å². The molecule has 2 nitrogen and oxygen atoms in total. The van der Waals surface area contributed by atoms with Crippen LogP contribution >= 0.6 is 11.6 Å². The van der Waals surface area contributed by atoms with Crippen molar-refractivity contribution in [1.29, 1.82) is 0 Å². The van der Waals surface area contributed by atoms with Crippen LogP contribution in [-0.4, -0.2) is 13.7 Å². The Morgan fingerprint density at radius 1 is 1.14 bits per heavy atom. The average molecular weight is 308 g/mol. The molecule has 0 aliphatic heterocycles. The number of benzene rings is 2. The molecule has 0 amide bonds. The van der Waals surface area contributed by atoms with E-state index in [0.29, 0.717) is 22.9 Å². The number of nitrogens with one attached hydrogen (secondary N) is 1. The summed E-state index contributed by atoms with van der Waals surface area (Å²) in [4.78, 5) is 0. The maximum atomic E-state index is 14.3. The zero-order chi connectivity index (χ0) is 15.2. The van der Waals surface area contributed by atoms with Gasteiger partial charge in [0.05, 0.1) is 7.11 Å². The number of ether oxygens (including phenoxy) is 1. The van der Waals surface area contributed by atoms with E-state index in [1.54, 1.807) is 18.2 Å². The Morgan fingerprint density at radius 3 is 2.57 bits per heavy atom. The van der Waals surface area contributed by atoms with Gasteiger partial charge < -0.3 is 10.1 Å². The average Bonchev–Trinajstić information content (AvgIpc) is 2.48. The summed E-state index contributed by atoms with van der Waals surface area (Å²) in [5, 5.41) is 3.98. The lowest BCUT2D eigenvalue weighted by atomic mass is 9.99. The topological polar surface area (TPSA) is 21.3 Å². The number of halogens is 2. The first-order chi connectivity index (χ1) is 10.2.